The molecule has 1 aliphatic carbocycles. The van der Waals surface area contributed by atoms with Crippen LogP contribution < -0.4 is 10.6 Å². The summed E-state index contributed by atoms with van der Waals surface area (Å²) in [5.74, 6) is 0.623. The second-order valence-corrected chi connectivity index (χ2v) is 8.13. The summed E-state index contributed by atoms with van der Waals surface area (Å²) in [6.45, 7) is 2.08. The van der Waals surface area contributed by atoms with E-state index in [1.165, 1.54) is 12.3 Å². The van der Waals surface area contributed by atoms with Crippen LogP contribution in [0.5, 0.6) is 0 Å². The summed E-state index contributed by atoms with van der Waals surface area (Å²) in [5, 5.41) is 6.76. The maximum Gasteiger partial charge on any atom is 0.240 e. The standard InChI is InChI=1S/C20H29ClFN3O2/c1-23-19(26)20(7-10-27-11-8-20)25-9-6-14-2-4-15(5-3-14)18-17(21)12-16(22)13-24-18/h12-15,25H,2-11H2,1H3,(H,23,26)/t14-,15-. The smallest absolute Gasteiger partial charge is 0.240 e. The van der Waals surface area contributed by atoms with Crippen molar-refractivity contribution in [2.45, 2.75) is 56.4 Å². The number of ether oxygens (including phenoxy) is 1. The van der Waals surface area contributed by atoms with E-state index in [1.54, 1.807) is 7.05 Å². The van der Waals surface area contributed by atoms with Gasteiger partial charge in [-0.15, -0.1) is 0 Å². The molecular weight excluding hydrogens is 369 g/mol. The molecular formula is C20H29ClFN3O2. The molecule has 0 spiro atoms. The summed E-state index contributed by atoms with van der Waals surface area (Å²) < 4.78 is 18.6. The van der Waals surface area contributed by atoms with Crippen LogP contribution in [0.2, 0.25) is 5.02 Å². The van der Waals surface area contributed by atoms with Crippen molar-refractivity contribution in [1.82, 2.24) is 15.6 Å². The molecule has 2 fully saturated rings. The highest BCUT2D eigenvalue weighted by atomic mass is 35.5. The number of pyridine rings is 1. The first-order valence-corrected chi connectivity index (χ1v) is 10.3. The quantitative estimate of drug-likeness (QED) is 0.772. The number of nitrogens with one attached hydrogen (secondary N) is 2. The zero-order valence-corrected chi connectivity index (χ0v) is 16.7. The molecule has 1 saturated carbocycles. The Morgan fingerprint density at radius 2 is 2.04 bits per heavy atom. The largest absolute Gasteiger partial charge is 0.381 e. The fourth-order valence-corrected chi connectivity index (χ4v) is 4.72. The summed E-state index contributed by atoms with van der Waals surface area (Å²) in [7, 11) is 1.69. The number of carbonyl (C=O) groups is 1. The molecule has 2 heterocycles. The van der Waals surface area contributed by atoms with Gasteiger partial charge in [0.2, 0.25) is 5.91 Å². The third kappa shape index (κ3) is 4.98. The third-order valence-electron chi connectivity index (χ3n) is 6.09. The molecule has 0 bridgehead atoms. The summed E-state index contributed by atoms with van der Waals surface area (Å²) in [5.41, 5.74) is 0.339. The lowest BCUT2D eigenvalue weighted by Gasteiger charge is -2.37. The molecule has 1 amide bonds. The normalized spacial score (nSPS) is 25.1. The van der Waals surface area contributed by atoms with Crippen molar-refractivity contribution in [3.8, 4) is 0 Å². The van der Waals surface area contributed by atoms with Crippen molar-refractivity contribution in [3.05, 3.63) is 28.8 Å². The molecule has 1 saturated heterocycles. The predicted octanol–water partition coefficient (Wildman–Crippen LogP) is 3.42. The summed E-state index contributed by atoms with van der Waals surface area (Å²) in [4.78, 5) is 16.6. The van der Waals surface area contributed by atoms with E-state index in [9.17, 15) is 9.18 Å². The van der Waals surface area contributed by atoms with Crippen LogP contribution in [0.15, 0.2) is 12.3 Å². The van der Waals surface area contributed by atoms with Gasteiger partial charge in [-0.2, -0.15) is 0 Å². The molecule has 0 radical (unpaired) electrons. The Hall–Kier alpha value is -1.24. The van der Waals surface area contributed by atoms with Crippen LogP contribution in [0.1, 0.15) is 56.6 Å². The summed E-state index contributed by atoms with van der Waals surface area (Å²) in [6, 6.07) is 1.35. The Morgan fingerprint density at radius 1 is 1.33 bits per heavy atom. The molecule has 7 heteroatoms. The first-order chi connectivity index (χ1) is 13.0. The number of hydrogen-bond donors (Lipinski definition) is 2. The number of aromatic nitrogens is 1. The van der Waals surface area contributed by atoms with Gasteiger partial charge in [-0.05, 0) is 63.5 Å². The van der Waals surface area contributed by atoms with E-state index in [2.05, 4.69) is 15.6 Å². The van der Waals surface area contributed by atoms with Crippen LogP contribution in [-0.4, -0.2) is 43.2 Å². The van der Waals surface area contributed by atoms with E-state index < -0.39 is 5.54 Å². The SMILES string of the molecule is CNC(=O)C1(NCC[C@H]2CC[C@H](c3ncc(F)cc3Cl)CC2)CCOCC1. The van der Waals surface area contributed by atoms with E-state index in [-0.39, 0.29) is 11.7 Å². The molecule has 1 aromatic rings. The second-order valence-electron chi connectivity index (χ2n) is 7.73. The minimum atomic E-state index is -0.490. The van der Waals surface area contributed by atoms with Crippen LogP contribution in [0.3, 0.4) is 0 Å². The van der Waals surface area contributed by atoms with Gasteiger partial charge >= 0.3 is 0 Å². The molecule has 0 atom stereocenters. The topological polar surface area (TPSA) is 63.2 Å². The number of rotatable bonds is 6. The van der Waals surface area contributed by atoms with E-state index in [4.69, 9.17) is 16.3 Å². The molecule has 1 aliphatic heterocycles. The molecule has 1 aromatic heterocycles. The van der Waals surface area contributed by atoms with Gasteiger partial charge in [-0.3, -0.25) is 9.78 Å². The van der Waals surface area contributed by atoms with Crippen LogP contribution in [-0.2, 0) is 9.53 Å². The van der Waals surface area contributed by atoms with E-state index in [0.29, 0.717) is 42.9 Å². The molecule has 0 aromatic carbocycles. The number of likely N-dealkylation sites (N-methyl/N-ethyl adjacent to an activating group) is 1. The lowest BCUT2D eigenvalue weighted by atomic mass is 9.79. The van der Waals surface area contributed by atoms with Crippen LogP contribution in [0.4, 0.5) is 4.39 Å². The maximum atomic E-state index is 13.2. The fraction of sp³-hybridized carbons (Fsp3) is 0.700. The molecule has 5 nitrogen and oxygen atoms in total. The average Bonchev–Trinajstić information content (AvgIpc) is 2.69. The maximum absolute atomic E-state index is 13.2. The zero-order valence-electron chi connectivity index (χ0n) is 15.9. The highest BCUT2D eigenvalue weighted by Gasteiger charge is 2.39. The summed E-state index contributed by atoms with van der Waals surface area (Å²) >= 11 is 6.17. The molecule has 0 unspecified atom stereocenters. The lowest BCUT2D eigenvalue weighted by Crippen LogP contribution is -2.59. The highest BCUT2D eigenvalue weighted by molar-refractivity contribution is 6.31. The van der Waals surface area contributed by atoms with Crippen molar-refractivity contribution >= 4 is 17.5 Å². The van der Waals surface area contributed by atoms with Crippen molar-refractivity contribution < 1.29 is 13.9 Å². The number of hydrogen-bond acceptors (Lipinski definition) is 4. The van der Waals surface area contributed by atoms with E-state index in [0.717, 1.165) is 44.3 Å². The minimum absolute atomic E-state index is 0.0616. The van der Waals surface area contributed by atoms with Crippen molar-refractivity contribution in [2.75, 3.05) is 26.8 Å². The molecule has 2 aliphatic rings. The molecule has 3 rings (SSSR count). The van der Waals surface area contributed by atoms with Gasteiger partial charge in [0.15, 0.2) is 0 Å². The molecule has 27 heavy (non-hydrogen) atoms. The minimum Gasteiger partial charge on any atom is -0.381 e. The van der Waals surface area contributed by atoms with Crippen LogP contribution in [0.25, 0.3) is 0 Å². The van der Waals surface area contributed by atoms with Crippen molar-refractivity contribution in [1.29, 1.82) is 0 Å². The van der Waals surface area contributed by atoms with Gasteiger partial charge < -0.3 is 15.4 Å². The monoisotopic (exact) mass is 397 g/mol. The first kappa shape index (κ1) is 20.5. The number of halogens is 2. The lowest BCUT2D eigenvalue weighted by molar-refractivity contribution is -0.131. The van der Waals surface area contributed by atoms with Gasteiger partial charge in [0, 0.05) is 26.2 Å². The highest BCUT2D eigenvalue weighted by Crippen LogP contribution is 2.38. The summed E-state index contributed by atoms with van der Waals surface area (Å²) in [6.07, 6.45) is 8.01. The van der Waals surface area contributed by atoms with Crippen molar-refractivity contribution in [3.63, 3.8) is 0 Å². The van der Waals surface area contributed by atoms with Crippen LogP contribution >= 0.6 is 11.6 Å². The first-order valence-electron chi connectivity index (χ1n) is 9.90. The fourth-order valence-electron chi connectivity index (χ4n) is 4.41. The van der Waals surface area contributed by atoms with Gasteiger partial charge in [-0.1, -0.05) is 11.6 Å². The number of nitrogens with zero attached hydrogens (tertiary/aromatic N) is 1. The van der Waals surface area contributed by atoms with Gasteiger partial charge in [0.05, 0.1) is 16.9 Å². The number of carbonyl (C=O) groups excluding carboxylic acids is 1. The Kier molecular flexibility index (Phi) is 7.06. The second kappa shape index (κ2) is 9.30. The third-order valence-corrected chi connectivity index (χ3v) is 6.40. The van der Waals surface area contributed by atoms with Gasteiger partial charge in [0.25, 0.3) is 0 Å². The zero-order chi connectivity index (χ0) is 19.3. The van der Waals surface area contributed by atoms with E-state index >= 15 is 0 Å². The van der Waals surface area contributed by atoms with Crippen molar-refractivity contribution in [2.24, 2.45) is 5.92 Å². The Bertz CT molecular complexity index is 644. The molecule has 150 valence electrons. The van der Waals surface area contributed by atoms with E-state index in [1.807, 2.05) is 0 Å². The Morgan fingerprint density at radius 3 is 2.67 bits per heavy atom. The average molecular weight is 398 g/mol. The number of amides is 1. The van der Waals surface area contributed by atoms with Gasteiger partial charge in [-0.25, -0.2) is 4.39 Å². The predicted molar refractivity (Wildman–Crippen MR) is 103 cm³/mol. The van der Waals surface area contributed by atoms with Gasteiger partial charge in [0.1, 0.15) is 11.4 Å². The Labute approximate surface area is 165 Å². The Balaban J connectivity index is 1.47. The van der Waals surface area contributed by atoms with Crippen LogP contribution in [0, 0.1) is 11.7 Å². The molecule has 2 N–H and O–H groups in total.